The Morgan fingerprint density at radius 2 is 2.22 bits per heavy atom. The van der Waals surface area contributed by atoms with Crippen LogP contribution in [-0.4, -0.2) is 26.1 Å². The number of nitrogens with one attached hydrogen (secondary N) is 2. The molecule has 1 amide bonds. The summed E-state index contributed by atoms with van der Waals surface area (Å²) in [6, 6.07) is 3.90. The van der Waals surface area contributed by atoms with Gasteiger partial charge < -0.3 is 15.4 Å². The molecule has 1 aliphatic rings. The summed E-state index contributed by atoms with van der Waals surface area (Å²) in [4.78, 5) is 12.1. The quantitative estimate of drug-likeness (QED) is 0.858. The van der Waals surface area contributed by atoms with E-state index in [9.17, 15) is 4.79 Å². The molecule has 0 radical (unpaired) electrons. The summed E-state index contributed by atoms with van der Waals surface area (Å²) >= 11 is 0. The number of rotatable bonds is 3. The lowest BCUT2D eigenvalue weighted by Crippen LogP contribution is -2.25. The fourth-order valence-electron chi connectivity index (χ4n) is 2.39. The SMILES string of the molecule is COc1c(C)ccc(NC(=O)C2CCNC2)c1C. The second-order valence-electron chi connectivity index (χ2n) is 4.77. The molecule has 1 fully saturated rings. The van der Waals surface area contributed by atoms with Crippen molar-refractivity contribution in [1.29, 1.82) is 0 Å². The number of methoxy groups -OCH3 is 1. The number of hydrogen-bond acceptors (Lipinski definition) is 3. The van der Waals surface area contributed by atoms with E-state index in [0.29, 0.717) is 0 Å². The van der Waals surface area contributed by atoms with Crippen LogP contribution in [0.25, 0.3) is 0 Å². The maximum absolute atomic E-state index is 12.1. The van der Waals surface area contributed by atoms with E-state index in [0.717, 1.165) is 42.1 Å². The van der Waals surface area contributed by atoms with Crippen molar-refractivity contribution in [2.45, 2.75) is 20.3 Å². The highest BCUT2D eigenvalue weighted by atomic mass is 16.5. The molecule has 98 valence electrons. The van der Waals surface area contributed by atoms with Gasteiger partial charge >= 0.3 is 0 Å². The Morgan fingerprint density at radius 1 is 1.44 bits per heavy atom. The van der Waals surface area contributed by atoms with Crippen molar-refractivity contribution in [3.8, 4) is 5.75 Å². The number of ether oxygens (including phenoxy) is 1. The van der Waals surface area contributed by atoms with Crippen LogP contribution >= 0.6 is 0 Å². The van der Waals surface area contributed by atoms with Crippen LogP contribution in [0, 0.1) is 19.8 Å². The number of anilines is 1. The maximum atomic E-state index is 12.1. The molecule has 1 aliphatic heterocycles. The molecule has 1 aromatic rings. The fraction of sp³-hybridized carbons (Fsp3) is 0.500. The van der Waals surface area contributed by atoms with Crippen molar-refractivity contribution in [3.05, 3.63) is 23.3 Å². The fourth-order valence-corrected chi connectivity index (χ4v) is 2.39. The molecule has 1 atom stereocenters. The molecule has 0 saturated carbocycles. The lowest BCUT2D eigenvalue weighted by Gasteiger charge is -2.15. The third kappa shape index (κ3) is 2.48. The molecule has 4 nitrogen and oxygen atoms in total. The molecular formula is C14H20N2O2. The molecule has 0 aromatic heterocycles. The summed E-state index contributed by atoms with van der Waals surface area (Å²) in [6.45, 7) is 5.66. The third-order valence-electron chi connectivity index (χ3n) is 3.50. The van der Waals surface area contributed by atoms with E-state index in [-0.39, 0.29) is 11.8 Å². The highest BCUT2D eigenvalue weighted by molar-refractivity contribution is 5.94. The van der Waals surface area contributed by atoms with Crippen molar-refractivity contribution in [3.63, 3.8) is 0 Å². The van der Waals surface area contributed by atoms with Gasteiger partial charge in [-0.25, -0.2) is 0 Å². The molecule has 1 saturated heterocycles. The Morgan fingerprint density at radius 3 is 2.83 bits per heavy atom. The van der Waals surface area contributed by atoms with Crippen molar-refractivity contribution in [2.75, 3.05) is 25.5 Å². The number of aryl methyl sites for hydroxylation is 1. The van der Waals surface area contributed by atoms with Crippen LogP contribution in [0.15, 0.2) is 12.1 Å². The maximum Gasteiger partial charge on any atom is 0.228 e. The van der Waals surface area contributed by atoms with Crippen LogP contribution in [0.5, 0.6) is 5.75 Å². The predicted octanol–water partition coefficient (Wildman–Crippen LogP) is 1.86. The molecular weight excluding hydrogens is 228 g/mol. The van der Waals surface area contributed by atoms with Crippen molar-refractivity contribution >= 4 is 11.6 Å². The third-order valence-corrected chi connectivity index (χ3v) is 3.50. The summed E-state index contributed by atoms with van der Waals surface area (Å²) in [5, 5.41) is 6.19. The molecule has 0 spiro atoms. The standard InChI is InChI=1S/C14H20N2O2/c1-9-4-5-12(10(2)13(9)18-3)16-14(17)11-6-7-15-8-11/h4-5,11,15H,6-8H2,1-3H3,(H,16,17). The first kappa shape index (κ1) is 12.9. The van der Waals surface area contributed by atoms with Gasteiger partial charge in [-0.2, -0.15) is 0 Å². The minimum Gasteiger partial charge on any atom is -0.496 e. The van der Waals surface area contributed by atoms with Gasteiger partial charge in [0.15, 0.2) is 0 Å². The summed E-state index contributed by atoms with van der Waals surface area (Å²) in [7, 11) is 1.65. The molecule has 18 heavy (non-hydrogen) atoms. The number of carbonyl (C=O) groups excluding carboxylic acids is 1. The molecule has 2 N–H and O–H groups in total. The zero-order chi connectivity index (χ0) is 13.1. The van der Waals surface area contributed by atoms with Crippen LogP contribution in [0.3, 0.4) is 0 Å². The Kier molecular flexibility index (Phi) is 3.87. The molecule has 1 aromatic carbocycles. The molecule has 1 heterocycles. The van der Waals surface area contributed by atoms with Crippen LogP contribution < -0.4 is 15.4 Å². The first-order chi connectivity index (χ1) is 8.63. The molecule has 1 unspecified atom stereocenters. The first-order valence-electron chi connectivity index (χ1n) is 6.29. The normalized spacial score (nSPS) is 18.7. The summed E-state index contributed by atoms with van der Waals surface area (Å²) in [5.41, 5.74) is 2.90. The summed E-state index contributed by atoms with van der Waals surface area (Å²) in [5.74, 6) is 1.02. The first-order valence-corrected chi connectivity index (χ1v) is 6.29. The Labute approximate surface area is 108 Å². The molecule has 4 heteroatoms. The van der Waals surface area contributed by atoms with Gasteiger partial charge in [-0.15, -0.1) is 0 Å². The van der Waals surface area contributed by atoms with E-state index in [2.05, 4.69) is 10.6 Å². The minimum atomic E-state index is 0.0803. The van der Waals surface area contributed by atoms with Gasteiger partial charge in [0, 0.05) is 17.8 Å². The average molecular weight is 248 g/mol. The number of carbonyl (C=O) groups is 1. The van der Waals surface area contributed by atoms with E-state index in [1.54, 1.807) is 7.11 Å². The van der Waals surface area contributed by atoms with Gasteiger partial charge in [-0.1, -0.05) is 6.07 Å². The minimum absolute atomic E-state index is 0.0803. The molecule has 0 bridgehead atoms. The van der Waals surface area contributed by atoms with Crippen LogP contribution in [0.4, 0.5) is 5.69 Å². The van der Waals surface area contributed by atoms with E-state index < -0.39 is 0 Å². The highest BCUT2D eigenvalue weighted by Crippen LogP contribution is 2.29. The number of hydrogen-bond donors (Lipinski definition) is 2. The topological polar surface area (TPSA) is 50.4 Å². The van der Waals surface area contributed by atoms with Crippen molar-refractivity contribution in [2.24, 2.45) is 5.92 Å². The smallest absolute Gasteiger partial charge is 0.228 e. The Bertz CT molecular complexity index is 451. The second-order valence-corrected chi connectivity index (χ2v) is 4.77. The zero-order valence-corrected chi connectivity index (χ0v) is 11.2. The lowest BCUT2D eigenvalue weighted by molar-refractivity contribution is -0.119. The Hall–Kier alpha value is -1.55. The molecule has 0 aliphatic carbocycles. The summed E-state index contributed by atoms with van der Waals surface area (Å²) in [6.07, 6.45) is 0.911. The monoisotopic (exact) mass is 248 g/mol. The lowest BCUT2D eigenvalue weighted by atomic mass is 10.1. The largest absolute Gasteiger partial charge is 0.496 e. The highest BCUT2D eigenvalue weighted by Gasteiger charge is 2.23. The van der Waals surface area contributed by atoms with Crippen LogP contribution in [0.1, 0.15) is 17.5 Å². The number of benzene rings is 1. The summed E-state index contributed by atoms with van der Waals surface area (Å²) < 4.78 is 5.36. The van der Waals surface area contributed by atoms with Gasteiger partial charge in [0.2, 0.25) is 5.91 Å². The van der Waals surface area contributed by atoms with Gasteiger partial charge in [0.1, 0.15) is 5.75 Å². The van der Waals surface area contributed by atoms with E-state index in [1.807, 2.05) is 26.0 Å². The van der Waals surface area contributed by atoms with Gasteiger partial charge in [-0.3, -0.25) is 4.79 Å². The average Bonchev–Trinajstić information content (AvgIpc) is 2.87. The van der Waals surface area contributed by atoms with E-state index >= 15 is 0 Å². The van der Waals surface area contributed by atoms with E-state index in [1.165, 1.54) is 0 Å². The van der Waals surface area contributed by atoms with Gasteiger partial charge in [0.05, 0.1) is 13.0 Å². The van der Waals surface area contributed by atoms with Crippen LogP contribution in [0.2, 0.25) is 0 Å². The van der Waals surface area contributed by atoms with Crippen molar-refractivity contribution < 1.29 is 9.53 Å². The zero-order valence-electron chi connectivity index (χ0n) is 11.2. The van der Waals surface area contributed by atoms with Gasteiger partial charge in [-0.05, 0) is 38.4 Å². The molecule has 2 rings (SSSR count). The predicted molar refractivity (Wildman–Crippen MR) is 72.1 cm³/mol. The Balaban J connectivity index is 2.16. The van der Waals surface area contributed by atoms with E-state index in [4.69, 9.17) is 4.74 Å². The number of amides is 1. The van der Waals surface area contributed by atoms with Crippen LogP contribution in [-0.2, 0) is 4.79 Å². The van der Waals surface area contributed by atoms with Gasteiger partial charge in [0.25, 0.3) is 0 Å². The second kappa shape index (κ2) is 5.40. The van der Waals surface area contributed by atoms with Crippen molar-refractivity contribution in [1.82, 2.24) is 5.32 Å².